The molecule has 0 aliphatic rings. The average Bonchev–Trinajstić information content (AvgIpc) is 1.88. The topological polar surface area (TPSA) is 136 Å². The summed E-state index contributed by atoms with van der Waals surface area (Å²) >= 11 is 0. The molecule has 0 aliphatic carbocycles. The third-order valence-electron chi connectivity index (χ3n) is 0.858. The molecule has 0 saturated heterocycles. The van der Waals surface area contributed by atoms with Crippen molar-refractivity contribution in [2.45, 2.75) is 6.04 Å². The molecule has 8 nitrogen and oxygen atoms in total. The lowest BCUT2D eigenvalue weighted by Crippen LogP contribution is -2.50. The second-order valence-corrected chi connectivity index (χ2v) is 1.59. The number of nitrogens with zero attached hydrogens (tertiary/aromatic N) is 1. The van der Waals surface area contributed by atoms with E-state index in [0.29, 0.717) is 0 Å². The first kappa shape index (κ1) is 9.78. The number of nitrogens with two attached hydrogens (primary N) is 1. The zero-order chi connectivity index (χ0) is 9.02. The molecule has 11 heavy (non-hydrogen) atoms. The van der Waals surface area contributed by atoms with E-state index >= 15 is 0 Å². The normalized spacial score (nSPS) is 12.3. The molecule has 0 aliphatic heterocycles. The van der Waals surface area contributed by atoms with Gasteiger partial charge in [-0.25, -0.2) is 0 Å². The van der Waals surface area contributed by atoms with E-state index in [4.69, 9.17) is 15.6 Å². The van der Waals surface area contributed by atoms with Crippen LogP contribution in [0, 0.1) is 0 Å². The molecule has 64 valence electrons. The van der Waals surface area contributed by atoms with Gasteiger partial charge in [-0.2, -0.15) is 5.48 Å². The van der Waals surface area contributed by atoms with Crippen molar-refractivity contribution in [3.05, 3.63) is 0 Å². The highest BCUT2D eigenvalue weighted by molar-refractivity contribution is 6.02. The smallest absolute Gasteiger partial charge is 0.301 e. The molecule has 0 saturated carbocycles. The number of nitrogens with one attached hydrogen (secondary N) is 1. The van der Waals surface area contributed by atoms with Crippen LogP contribution < -0.4 is 11.2 Å². The zero-order valence-corrected chi connectivity index (χ0v) is 5.26. The van der Waals surface area contributed by atoms with Crippen LogP contribution in [0.5, 0.6) is 0 Å². The van der Waals surface area contributed by atoms with Crippen LogP contribution in [-0.4, -0.2) is 38.7 Å². The Kier molecular flexibility index (Phi) is 3.40. The van der Waals surface area contributed by atoms with E-state index in [1.165, 1.54) is 5.48 Å². The molecule has 0 bridgehead atoms. The first-order valence-corrected chi connectivity index (χ1v) is 2.41. The lowest BCUT2D eigenvalue weighted by atomic mass is 10.3. The van der Waals surface area contributed by atoms with E-state index in [0.717, 1.165) is 0 Å². The maximum Gasteiger partial charge on any atom is 0.301 e. The molecule has 0 rings (SSSR count). The molecular weight excluding hydrogens is 158 g/mol. The van der Waals surface area contributed by atoms with Crippen molar-refractivity contribution < 1.29 is 25.2 Å². The summed E-state index contributed by atoms with van der Waals surface area (Å²) in [5, 5.41) is 23.4. The average molecular weight is 165 g/mol. The van der Waals surface area contributed by atoms with Crippen molar-refractivity contribution in [3.63, 3.8) is 0 Å². The molecular formula is C3H7N3O5. The zero-order valence-electron chi connectivity index (χ0n) is 5.26. The lowest BCUT2D eigenvalue weighted by Gasteiger charge is -2.11. The summed E-state index contributed by atoms with van der Waals surface area (Å²) < 4.78 is 0. The van der Waals surface area contributed by atoms with Crippen LogP contribution >= 0.6 is 0 Å². The molecule has 1 atom stereocenters. The molecule has 0 heterocycles. The van der Waals surface area contributed by atoms with Gasteiger partial charge in [0.05, 0.1) is 0 Å². The van der Waals surface area contributed by atoms with Crippen LogP contribution in [0.3, 0.4) is 0 Å². The van der Waals surface area contributed by atoms with E-state index < -0.39 is 23.1 Å². The summed E-state index contributed by atoms with van der Waals surface area (Å²) in [6.45, 7) is 0. The molecule has 0 fully saturated rings. The van der Waals surface area contributed by atoms with Crippen LogP contribution in [0.15, 0.2) is 0 Å². The number of hydrogen-bond donors (Lipinski definition) is 5. The van der Waals surface area contributed by atoms with Gasteiger partial charge in [-0.3, -0.25) is 20.0 Å². The van der Waals surface area contributed by atoms with Crippen molar-refractivity contribution in [1.82, 2.24) is 10.7 Å². The second kappa shape index (κ2) is 3.83. The van der Waals surface area contributed by atoms with Gasteiger partial charge in [0.2, 0.25) is 5.91 Å². The number of primary amides is 1. The number of carbonyl (C=O) groups is 2. The van der Waals surface area contributed by atoms with Crippen molar-refractivity contribution in [1.29, 1.82) is 0 Å². The van der Waals surface area contributed by atoms with Gasteiger partial charge >= 0.3 is 5.91 Å². The number of hydroxylamine groups is 3. The Bertz CT molecular complexity index is 168. The third-order valence-corrected chi connectivity index (χ3v) is 0.858. The third kappa shape index (κ3) is 2.47. The van der Waals surface area contributed by atoms with Crippen molar-refractivity contribution in [3.8, 4) is 0 Å². The quantitative estimate of drug-likeness (QED) is 0.177. The molecule has 0 aromatic carbocycles. The summed E-state index contributed by atoms with van der Waals surface area (Å²) in [6, 6.07) is -1.86. The fraction of sp³-hybridized carbons (Fsp3) is 0.333. The second-order valence-electron chi connectivity index (χ2n) is 1.59. The molecule has 0 spiro atoms. The Labute approximate surface area is 60.7 Å². The Morgan fingerprint density at radius 2 is 1.91 bits per heavy atom. The number of hydrogen-bond acceptors (Lipinski definition) is 6. The van der Waals surface area contributed by atoms with Crippen molar-refractivity contribution in [2.75, 3.05) is 0 Å². The molecule has 2 amide bonds. The van der Waals surface area contributed by atoms with Gasteiger partial charge in [-0.1, -0.05) is 5.23 Å². The molecule has 1 unspecified atom stereocenters. The summed E-state index contributed by atoms with van der Waals surface area (Å²) in [4.78, 5) is 20.6. The molecule has 0 aromatic heterocycles. The fourth-order valence-electron chi connectivity index (χ4n) is 0.356. The predicted molar refractivity (Wildman–Crippen MR) is 28.3 cm³/mol. The fourth-order valence-corrected chi connectivity index (χ4v) is 0.356. The summed E-state index contributed by atoms with van der Waals surface area (Å²) in [7, 11) is 0. The minimum absolute atomic E-state index is 0.849. The summed E-state index contributed by atoms with van der Waals surface area (Å²) in [5.41, 5.74) is 5.75. The van der Waals surface area contributed by atoms with Crippen LogP contribution in [0.4, 0.5) is 0 Å². The number of amides is 2. The van der Waals surface area contributed by atoms with Crippen LogP contribution in [0.25, 0.3) is 0 Å². The number of carbonyl (C=O) groups excluding carboxylic acids is 2. The van der Waals surface area contributed by atoms with Gasteiger partial charge in [-0.15, -0.1) is 0 Å². The Hall–Kier alpha value is -1.22. The lowest BCUT2D eigenvalue weighted by molar-refractivity contribution is -0.287. The number of rotatable bonds is 3. The van der Waals surface area contributed by atoms with E-state index in [9.17, 15) is 9.59 Å². The first-order chi connectivity index (χ1) is 5.00. The molecule has 0 radical (unpaired) electrons. The van der Waals surface area contributed by atoms with Gasteiger partial charge in [-0.05, 0) is 0 Å². The first-order valence-electron chi connectivity index (χ1n) is 2.41. The largest absolute Gasteiger partial charge is 0.368 e. The van der Waals surface area contributed by atoms with Crippen LogP contribution in [0.1, 0.15) is 0 Å². The van der Waals surface area contributed by atoms with Gasteiger partial charge in [0, 0.05) is 0 Å². The SMILES string of the molecule is NC(=O)C(NO)C(=O)N(O)O. The molecule has 6 N–H and O–H groups in total. The highest BCUT2D eigenvalue weighted by Crippen LogP contribution is 1.86. The standard InChI is InChI=1S/C3H7N3O5/c4-2(7)1(5-9)3(8)6(10)11/h1,5,9-11H,(H2,4,7). The minimum Gasteiger partial charge on any atom is -0.368 e. The molecule has 8 heteroatoms. The maximum absolute atomic E-state index is 10.4. The highest BCUT2D eigenvalue weighted by Gasteiger charge is 2.27. The monoisotopic (exact) mass is 165 g/mol. The van der Waals surface area contributed by atoms with Crippen LogP contribution in [0.2, 0.25) is 0 Å². The van der Waals surface area contributed by atoms with Gasteiger partial charge in [0.1, 0.15) is 0 Å². The van der Waals surface area contributed by atoms with E-state index in [1.807, 2.05) is 0 Å². The Morgan fingerprint density at radius 1 is 1.45 bits per heavy atom. The predicted octanol–water partition coefficient (Wildman–Crippen LogP) is -2.57. The van der Waals surface area contributed by atoms with E-state index in [-0.39, 0.29) is 0 Å². The minimum atomic E-state index is -1.86. The molecule has 0 aromatic rings. The Morgan fingerprint density at radius 3 is 2.00 bits per heavy atom. The van der Waals surface area contributed by atoms with Gasteiger partial charge in [0.15, 0.2) is 6.04 Å². The van der Waals surface area contributed by atoms with E-state index in [2.05, 4.69) is 5.73 Å². The highest BCUT2D eigenvalue weighted by atomic mass is 16.8. The van der Waals surface area contributed by atoms with Crippen molar-refractivity contribution in [2.24, 2.45) is 5.73 Å². The van der Waals surface area contributed by atoms with Gasteiger partial charge < -0.3 is 10.9 Å². The van der Waals surface area contributed by atoms with Gasteiger partial charge in [0.25, 0.3) is 0 Å². The summed E-state index contributed by atoms with van der Waals surface area (Å²) in [6.07, 6.45) is 0. The van der Waals surface area contributed by atoms with Crippen molar-refractivity contribution >= 4 is 11.8 Å². The van der Waals surface area contributed by atoms with E-state index in [1.54, 1.807) is 0 Å². The maximum atomic E-state index is 10.4. The Balaban J connectivity index is 4.27. The van der Waals surface area contributed by atoms with Crippen LogP contribution in [-0.2, 0) is 9.59 Å². The summed E-state index contributed by atoms with van der Waals surface area (Å²) in [5.74, 6) is -2.70.